The zero-order chi connectivity index (χ0) is 19.0. The molecule has 1 aromatic rings. The molecule has 0 saturated heterocycles. The third-order valence-corrected chi connectivity index (χ3v) is 4.47. The van der Waals surface area contributed by atoms with E-state index >= 15 is 0 Å². The zero-order valence-electron chi connectivity index (χ0n) is 17.0. The molecule has 0 spiro atoms. The van der Waals surface area contributed by atoms with Crippen molar-refractivity contribution in [3.8, 4) is 5.75 Å². The number of methoxy groups -OCH3 is 1. The SMILES string of the molecule is CCCCCC(C)(OC)C(=O)Nc1cc(C)c(OCC(C)C)c(C)c1. The molecule has 0 aliphatic rings. The average Bonchev–Trinajstić information content (AvgIpc) is 2.53. The number of anilines is 1. The second-order valence-electron chi connectivity index (χ2n) is 7.49. The summed E-state index contributed by atoms with van der Waals surface area (Å²) in [7, 11) is 1.60. The van der Waals surface area contributed by atoms with Crippen LogP contribution in [0.3, 0.4) is 0 Å². The lowest BCUT2D eigenvalue weighted by atomic mass is 9.96. The minimum atomic E-state index is -0.802. The Hall–Kier alpha value is -1.55. The predicted octanol–water partition coefficient (Wildman–Crippen LogP) is 5.26. The summed E-state index contributed by atoms with van der Waals surface area (Å²) in [5, 5.41) is 3.01. The van der Waals surface area contributed by atoms with Crippen LogP contribution in [0.25, 0.3) is 0 Å². The fourth-order valence-electron chi connectivity index (χ4n) is 2.78. The van der Waals surface area contributed by atoms with E-state index in [1.807, 2.05) is 32.9 Å². The largest absolute Gasteiger partial charge is 0.493 e. The monoisotopic (exact) mass is 349 g/mol. The minimum absolute atomic E-state index is 0.0965. The first kappa shape index (κ1) is 21.5. The lowest BCUT2D eigenvalue weighted by molar-refractivity contribution is -0.136. The summed E-state index contributed by atoms with van der Waals surface area (Å²) in [5.41, 5.74) is 2.04. The Balaban J connectivity index is 2.86. The lowest BCUT2D eigenvalue weighted by Crippen LogP contribution is -2.42. The van der Waals surface area contributed by atoms with E-state index in [2.05, 4.69) is 26.1 Å². The van der Waals surface area contributed by atoms with Crippen LogP contribution in [0.4, 0.5) is 5.69 Å². The van der Waals surface area contributed by atoms with Gasteiger partial charge in [0.15, 0.2) is 0 Å². The summed E-state index contributed by atoms with van der Waals surface area (Å²) in [6.45, 7) is 13.0. The molecule has 1 rings (SSSR count). The van der Waals surface area contributed by atoms with Crippen LogP contribution < -0.4 is 10.1 Å². The van der Waals surface area contributed by atoms with Crippen LogP contribution in [0.2, 0.25) is 0 Å². The van der Waals surface area contributed by atoms with E-state index in [0.717, 1.165) is 48.2 Å². The van der Waals surface area contributed by atoms with Gasteiger partial charge >= 0.3 is 0 Å². The fourth-order valence-corrected chi connectivity index (χ4v) is 2.78. The summed E-state index contributed by atoms with van der Waals surface area (Å²) in [6.07, 6.45) is 3.93. The third-order valence-electron chi connectivity index (χ3n) is 4.47. The molecule has 0 fully saturated rings. The Bertz CT molecular complexity index is 545. The number of nitrogens with one attached hydrogen (secondary N) is 1. The van der Waals surface area contributed by atoms with Crippen molar-refractivity contribution in [1.82, 2.24) is 0 Å². The molecule has 0 saturated carbocycles. The third kappa shape index (κ3) is 6.35. The molecule has 1 N–H and O–H groups in total. The summed E-state index contributed by atoms with van der Waals surface area (Å²) >= 11 is 0. The molecule has 4 nitrogen and oxygen atoms in total. The van der Waals surface area contributed by atoms with E-state index in [0.29, 0.717) is 12.5 Å². The van der Waals surface area contributed by atoms with Gasteiger partial charge in [0.05, 0.1) is 6.61 Å². The first-order chi connectivity index (χ1) is 11.7. The second-order valence-corrected chi connectivity index (χ2v) is 7.49. The molecule has 4 heteroatoms. The smallest absolute Gasteiger partial charge is 0.256 e. The number of carbonyl (C=O) groups is 1. The summed E-state index contributed by atoms with van der Waals surface area (Å²) in [4.78, 5) is 12.7. The van der Waals surface area contributed by atoms with Gasteiger partial charge in [0.1, 0.15) is 11.4 Å². The number of aryl methyl sites for hydroxylation is 2. The molecule has 142 valence electrons. The first-order valence-electron chi connectivity index (χ1n) is 9.34. The van der Waals surface area contributed by atoms with Crippen molar-refractivity contribution in [2.75, 3.05) is 19.0 Å². The van der Waals surface area contributed by atoms with Crippen LogP contribution in [0.15, 0.2) is 12.1 Å². The van der Waals surface area contributed by atoms with E-state index in [9.17, 15) is 4.79 Å². The van der Waals surface area contributed by atoms with E-state index in [1.54, 1.807) is 7.11 Å². The summed E-state index contributed by atoms with van der Waals surface area (Å²) < 4.78 is 11.4. The topological polar surface area (TPSA) is 47.6 Å². The molecule has 0 aliphatic heterocycles. The molecule has 1 amide bonds. The Kier molecular flexibility index (Phi) is 8.43. The Morgan fingerprint density at radius 3 is 2.28 bits per heavy atom. The van der Waals surface area contributed by atoms with Gasteiger partial charge in [-0.3, -0.25) is 4.79 Å². The number of carbonyl (C=O) groups excluding carboxylic acids is 1. The number of hydrogen-bond donors (Lipinski definition) is 1. The van der Waals surface area contributed by atoms with Crippen molar-refractivity contribution in [1.29, 1.82) is 0 Å². The second kappa shape index (κ2) is 9.81. The number of benzene rings is 1. The quantitative estimate of drug-likeness (QED) is 0.586. The predicted molar refractivity (Wildman–Crippen MR) is 104 cm³/mol. The van der Waals surface area contributed by atoms with Crippen LogP contribution in [-0.2, 0) is 9.53 Å². The zero-order valence-corrected chi connectivity index (χ0v) is 17.0. The van der Waals surface area contributed by atoms with Crippen molar-refractivity contribution < 1.29 is 14.3 Å². The number of amides is 1. The van der Waals surface area contributed by atoms with Crippen molar-refractivity contribution in [3.63, 3.8) is 0 Å². The van der Waals surface area contributed by atoms with Crippen LogP contribution in [0.1, 0.15) is 64.5 Å². The fraction of sp³-hybridized carbons (Fsp3) is 0.667. The van der Waals surface area contributed by atoms with Gasteiger partial charge in [0.25, 0.3) is 5.91 Å². The maximum atomic E-state index is 12.7. The van der Waals surface area contributed by atoms with Crippen molar-refractivity contribution >= 4 is 11.6 Å². The number of rotatable bonds is 10. The van der Waals surface area contributed by atoms with Gasteiger partial charge in [-0.25, -0.2) is 0 Å². The van der Waals surface area contributed by atoms with Crippen molar-refractivity contribution in [2.24, 2.45) is 5.92 Å². The van der Waals surface area contributed by atoms with Gasteiger partial charge in [-0.15, -0.1) is 0 Å². The van der Waals surface area contributed by atoms with Crippen LogP contribution in [0, 0.1) is 19.8 Å². The van der Waals surface area contributed by atoms with E-state index in [1.165, 1.54) is 0 Å². The highest BCUT2D eigenvalue weighted by atomic mass is 16.5. The summed E-state index contributed by atoms with van der Waals surface area (Å²) in [5.74, 6) is 1.29. The van der Waals surface area contributed by atoms with Crippen molar-refractivity contribution in [2.45, 2.75) is 72.8 Å². The van der Waals surface area contributed by atoms with Gasteiger partial charge in [0, 0.05) is 12.8 Å². The number of hydrogen-bond acceptors (Lipinski definition) is 3. The normalized spacial score (nSPS) is 13.6. The highest BCUT2D eigenvalue weighted by molar-refractivity contribution is 5.97. The van der Waals surface area contributed by atoms with Crippen LogP contribution >= 0.6 is 0 Å². The van der Waals surface area contributed by atoms with E-state index in [4.69, 9.17) is 9.47 Å². The molecule has 1 atom stereocenters. The average molecular weight is 350 g/mol. The van der Waals surface area contributed by atoms with E-state index < -0.39 is 5.60 Å². The van der Waals surface area contributed by atoms with E-state index in [-0.39, 0.29) is 5.91 Å². The maximum Gasteiger partial charge on any atom is 0.256 e. The Morgan fingerprint density at radius 2 is 1.80 bits per heavy atom. The lowest BCUT2D eigenvalue weighted by Gasteiger charge is -2.27. The highest BCUT2D eigenvalue weighted by Gasteiger charge is 2.32. The minimum Gasteiger partial charge on any atom is -0.493 e. The van der Waals surface area contributed by atoms with Gasteiger partial charge in [-0.1, -0.05) is 40.0 Å². The van der Waals surface area contributed by atoms with Crippen LogP contribution in [-0.4, -0.2) is 25.2 Å². The molecule has 1 aromatic carbocycles. The standard InChI is InChI=1S/C21H35NO3/c1-8-9-10-11-21(6,24-7)20(23)22-18-12-16(4)19(17(5)13-18)25-14-15(2)3/h12-13,15H,8-11,14H2,1-7H3,(H,22,23). The molecule has 0 heterocycles. The summed E-state index contributed by atoms with van der Waals surface area (Å²) in [6, 6.07) is 3.92. The molecular formula is C21H35NO3. The molecule has 0 aliphatic carbocycles. The Labute approximate surface area is 153 Å². The van der Waals surface area contributed by atoms with Crippen LogP contribution in [0.5, 0.6) is 5.75 Å². The van der Waals surface area contributed by atoms with Gasteiger partial charge in [0.2, 0.25) is 0 Å². The van der Waals surface area contributed by atoms with Gasteiger partial charge in [-0.05, 0) is 56.4 Å². The molecular weight excluding hydrogens is 314 g/mol. The Morgan fingerprint density at radius 1 is 1.20 bits per heavy atom. The van der Waals surface area contributed by atoms with Gasteiger partial charge < -0.3 is 14.8 Å². The molecule has 0 aromatic heterocycles. The van der Waals surface area contributed by atoms with Crippen molar-refractivity contribution in [3.05, 3.63) is 23.3 Å². The maximum absolute atomic E-state index is 12.7. The first-order valence-corrected chi connectivity index (χ1v) is 9.34. The molecule has 0 radical (unpaired) electrons. The number of unbranched alkanes of at least 4 members (excludes halogenated alkanes) is 2. The highest BCUT2D eigenvalue weighted by Crippen LogP contribution is 2.29. The molecule has 1 unspecified atom stereocenters. The van der Waals surface area contributed by atoms with Gasteiger partial charge in [-0.2, -0.15) is 0 Å². The molecule has 25 heavy (non-hydrogen) atoms. The number of ether oxygens (including phenoxy) is 2. The molecule has 0 bridgehead atoms.